The molecule has 1 fully saturated rings. The zero-order valence-electron chi connectivity index (χ0n) is 18.1. The molecule has 4 aromatic rings. The van der Waals surface area contributed by atoms with E-state index in [1.807, 2.05) is 30.3 Å². The van der Waals surface area contributed by atoms with Gasteiger partial charge in [-0.3, -0.25) is 4.57 Å². The molecule has 9 nitrogen and oxygen atoms in total. The van der Waals surface area contributed by atoms with E-state index >= 15 is 0 Å². The molecule has 3 N–H and O–H groups in total. The van der Waals surface area contributed by atoms with Crippen molar-refractivity contribution in [1.82, 2.24) is 19.5 Å². The van der Waals surface area contributed by atoms with Crippen molar-refractivity contribution in [3.05, 3.63) is 72.8 Å². The fourth-order valence-corrected chi connectivity index (χ4v) is 4.03. The standard InChI is InChI=1S/C24H25N5O4/c1-25-22-19-23(27-13-26-22)29(14-28-19)24-21(31)20(30)18(33-24)12-32-11-15-7-9-17(10-8-15)16-5-3-2-4-6-16/h2-10,13-14,18,20-21,24,30-31H,11-12H2,1H3,(H,25,26,27)/t18-,20-,21-,24-/m1/s1. The Morgan fingerprint density at radius 1 is 0.970 bits per heavy atom. The number of benzene rings is 2. The third-order valence-electron chi connectivity index (χ3n) is 5.82. The van der Waals surface area contributed by atoms with Crippen molar-refractivity contribution < 1.29 is 19.7 Å². The molecule has 170 valence electrons. The van der Waals surface area contributed by atoms with Gasteiger partial charge in [0.1, 0.15) is 30.2 Å². The number of aliphatic hydroxyl groups is 2. The Hall–Kier alpha value is -3.37. The molecule has 0 saturated carbocycles. The minimum atomic E-state index is -1.14. The number of hydrogen-bond donors (Lipinski definition) is 3. The lowest BCUT2D eigenvalue weighted by Gasteiger charge is -2.16. The second kappa shape index (κ2) is 9.24. The first kappa shape index (κ1) is 21.5. The van der Waals surface area contributed by atoms with Crippen LogP contribution in [0.5, 0.6) is 0 Å². The summed E-state index contributed by atoms with van der Waals surface area (Å²) in [6.07, 6.45) is -0.820. The SMILES string of the molecule is CNc1ncnc2c1ncn2[C@@H]1O[C@H](COCc2ccc(-c3ccccc3)cc2)[C@@H](O)[C@H]1O. The number of nitrogens with zero attached hydrogens (tertiary/aromatic N) is 4. The lowest BCUT2D eigenvalue weighted by molar-refractivity contribution is -0.0682. The van der Waals surface area contributed by atoms with E-state index in [1.165, 1.54) is 12.7 Å². The summed E-state index contributed by atoms with van der Waals surface area (Å²) >= 11 is 0. The maximum absolute atomic E-state index is 10.6. The highest BCUT2D eigenvalue weighted by Gasteiger charge is 2.44. The highest BCUT2D eigenvalue weighted by atomic mass is 16.6. The Morgan fingerprint density at radius 2 is 1.73 bits per heavy atom. The van der Waals surface area contributed by atoms with Crippen molar-refractivity contribution >= 4 is 17.0 Å². The lowest BCUT2D eigenvalue weighted by Crippen LogP contribution is -2.33. The Bertz CT molecular complexity index is 1210. The number of rotatable bonds is 7. The molecule has 1 aliphatic heterocycles. The van der Waals surface area contributed by atoms with Crippen molar-refractivity contribution in [2.24, 2.45) is 0 Å². The van der Waals surface area contributed by atoms with Crippen LogP contribution in [0.25, 0.3) is 22.3 Å². The molecule has 33 heavy (non-hydrogen) atoms. The van der Waals surface area contributed by atoms with E-state index < -0.39 is 24.5 Å². The van der Waals surface area contributed by atoms with E-state index in [1.54, 1.807) is 11.6 Å². The van der Waals surface area contributed by atoms with Crippen LogP contribution in [0.1, 0.15) is 11.8 Å². The molecule has 0 unspecified atom stereocenters. The molecule has 0 spiro atoms. The molecule has 0 bridgehead atoms. The lowest BCUT2D eigenvalue weighted by atomic mass is 10.0. The van der Waals surface area contributed by atoms with Crippen molar-refractivity contribution in [2.75, 3.05) is 19.0 Å². The Labute approximate surface area is 190 Å². The van der Waals surface area contributed by atoms with Crippen molar-refractivity contribution in [2.45, 2.75) is 31.1 Å². The summed E-state index contributed by atoms with van der Waals surface area (Å²) in [5.74, 6) is 0.574. The van der Waals surface area contributed by atoms with Gasteiger partial charge in [-0.25, -0.2) is 15.0 Å². The predicted octanol–water partition coefficient (Wildman–Crippen LogP) is 2.37. The van der Waals surface area contributed by atoms with Crippen LogP contribution in [0, 0.1) is 0 Å². The summed E-state index contributed by atoms with van der Waals surface area (Å²) in [5.41, 5.74) is 4.37. The van der Waals surface area contributed by atoms with Gasteiger partial charge >= 0.3 is 0 Å². The van der Waals surface area contributed by atoms with Crippen molar-refractivity contribution in [3.63, 3.8) is 0 Å². The average molecular weight is 447 g/mol. The number of imidazole rings is 1. The molecule has 2 aromatic heterocycles. The molecule has 0 aliphatic carbocycles. The number of ether oxygens (including phenoxy) is 2. The number of aromatic nitrogens is 4. The van der Waals surface area contributed by atoms with Gasteiger partial charge in [0.05, 0.1) is 19.5 Å². The Balaban J connectivity index is 1.22. The maximum Gasteiger partial charge on any atom is 0.167 e. The van der Waals surface area contributed by atoms with Crippen LogP contribution < -0.4 is 5.32 Å². The fourth-order valence-electron chi connectivity index (χ4n) is 4.03. The van der Waals surface area contributed by atoms with Crippen LogP contribution in [0.2, 0.25) is 0 Å². The van der Waals surface area contributed by atoms with Crippen LogP contribution in [-0.2, 0) is 16.1 Å². The third-order valence-corrected chi connectivity index (χ3v) is 5.82. The zero-order valence-corrected chi connectivity index (χ0v) is 18.1. The second-order valence-corrected chi connectivity index (χ2v) is 7.92. The molecule has 1 aliphatic rings. The highest BCUT2D eigenvalue weighted by molar-refractivity contribution is 5.82. The van der Waals surface area contributed by atoms with E-state index in [0.29, 0.717) is 23.6 Å². The molecular weight excluding hydrogens is 422 g/mol. The molecule has 9 heteroatoms. The molecule has 0 amide bonds. The predicted molar refractivity (Wildman–Crippen MR) is 122 cm³/mol. The minimum Gasteiger partial charge on any atom is -0.387 e. The highest BCUT2D eigenvalue weighted by Crippen LogP contribution is 2.32. The Kier molecular flexibility index (Phi) is 6.01. The van der Waals surface area contributed by atoms with Crippen LogP contribution in [0.3, 0.4) is 0 Å². The van der Waals surface area contributed by atoms with E-state index in [4.69, 9.17) is 9.47 Å². The molecule has 5 rings (SSSR count). The first-order chi connectivity index (χ1) is 16.2. The van der Waals surface area contributed by atoms with Gasteiger partial charge in [-0.05, 0) is 16.7 Å². The smallest absolute Gasteiger partial charge is 0.167 e. The van der Waals surface area contributed by atoms with Crippen molar-refractivity contribution in [3.8, 4) is 11.1 Å². The maximum atomic E-state index is 10.6. The minimum absolute atomic E-state index is 0.137. The topological polar surface area (TPSA) is 115 Å². The third kappa shape index (κ3) is 4.19. The van der Waals surface area contributed by atoms with Crippen LogP contribution in [-0.4, -0.2) is 61.7 Å². The quantitative estimate of drug-likeness (QED) is 0.396. The number of hydrogen-bond acceptors (Lipinski definition) is 8. The first-order valence-electron chi connectivity index (χ1n) is 10.7. The van der Waals surface area contributed by atoms with Crippen molar-refractivity contribution in [1.29, 1.82) is 0 Å². The summed E-state index contributed by atoms with van der Waals surface area (Å²) in [4.78, 5) is 12.7. The summed E-state index contributed by atoms with van der Waals surface area (Å²) in [5, 5.41) is 24.1. The van der Waals surface area contributed by atoms with E-state index in [0.717, 1.165) is 16.7 Å². The van der Waals surface area contributed by atoms with Gasteiger partial charge in [0.25, 0.3) is 0 Å². The Morgan fingerprint density at radius 3 is 2.48 bits per heavy atom. The zero-order chi connectivity index (χ0) is 22.8. The van der Waals surface area contributed by atoms with Gasteiger partial charge in [-0.2, -0.15) is 0 Å². The number of anilines is 1. The monoisotopic (exact) mass is 447 g/mol. The number of nitrogens with one attached hydrogen (secondary N) is 1. The number of aliphatic hydroxyl groups excluding tert-OH is 2. The molecule has 1 saturated heterocycles. The fraction of sp³-hybridized carbons (Fsp3) is 0.292. The average Bonchev–Trinajstić information content (AvgIpc) is 3.41. The second-order valence-electron chi connectivity index (χ2n) is 7.92. The van der Waals surface area contributed by atoms with Gasteiger partial charge in [-0.15, -0.1) is 0 Å². The summed E-state index contributed by atoms with van der Waals surface area (Å²) in [6, 6.07) is 18.3. The molecule has 3 heterocycles. The molecule has 4 atom stereocenters. The van der Waals surface area contributed by atoms with Gasteiger partial charge < -0.3 is 25.0 Å². The summed E-state index contributed by atoms with van der Waals surface area (Å²) in [6.45, 7) is 0.508. The largest absolute Gasteiger partial charge is 0.387 e. The summed E-state index contributed by atoms with van der Waals surface area (Å²) in [7, 11) is 1.74. The van der Waals surface area contributed by atoms with Crippen LogP contribution in [0.4, 0.5) is 5.82 Å². The van der Waals surface area contributed by atoms with Crippen LogP contribution >= 0.6 is 0 Å². The molecular formula is C24H25N5O4. The van der Waals surface area contributed by atoms with Gasteiger partial charge in [-0.1, -0.05) is 54.6 Å². The molecule has 0 radical (unpaired) electrons. The summed E-state index contributed by atoms with van der Waals surface area (Å²) < 4.78 is 13.4. The van der Waals surface area contributed by atoms with Crippen LogP contribution in [0.15, 0.2) is 67.3 Å². The van der Waals surface area contributed by atoms with Gasteiger partial charge in [0, 0.05) is 7.05 Å². The van der Waals surface area contributed by atoms with Gasteiger partial charge in [0.2, 0.25) is 0 Å². The van der Waals surface area contributed by atoms with Gasteiger partial charge in [0.15, 0.2) is 17.7 Å². The molecule has 2 aromatic carbocycles. The first-order valence-corrected chi connectivity index (χ1v) is 10.7. The normalized spacial score (nSPS) is 22.6. The van der Waals surface area contributed by atoms with E-state index in [9.17, 15) is 10.2 Å². The number of fused-ring (bicyclic) bond motifs is 1. The van der Waals surface area contributed by atoms with E-state index in [-0.39, 0.29) is 6.61 Å². The van der Waals surface area contributed by atoms with E-state index in [2.05, 4.69) is 44.5 Å².